The fourth-order valence-electron chi connectivity index (χ4n) is 4.12. The van der Waals surface area contributed by atoms with Gasteiger partial charge in [-0.1, -0.05) is 12.1 Å². The van der Waals surface area contributed by atoms with Crippen molar-refractivity contribution in [3.05, 3.63) is 85.0 Å². The van der Waals surface area contributed by atoms with Crippen molar-refractivity contribution in [1.82, 2.24) is 24.9 Å². The molecule has 0 spiro atoms. The van der Waals surface area contributed by atoms with E-state index in [9.17, 15) is 4.79 Å². The van der Waals surface area contributed by atoms with Crippen LogP contribution in [0, 0.1) is 11.3 Å². The third-order valence-corrected chi connectivity index (χ3v) is 6.21. The summed E-state index contributed by atoms with van der Waals surface area (Å²) < 4.78 is 0. The molecule has 0 bridgehead atoms. The van der Waals surface area contributed by atoms with Crippen LogP contribution in [0.15, 0.2) is 73.6 Å². The Morgan fingerprint density at radius 2 is 1.81 bits per heavy atom. The van der Waals surface area contributed by atoms with Crippen LogP contribution in [-0.4, -0.2) is 36.5 Å². The summed E-state index contributed by atoms with van der Waals surface area (Å²) in [5.74, 6) is 0.518. The van der Waals surface area contributed by atoms with Crippen molar-refractivity contribution in [2.24, 2.45) is 5.92 Å². The number of fused-ring (bicyclic) bond motifs is 1. The number of aromatic amines is 1. The summed E-state index contributed by atoms with van der Waals surface area (Å²) in [5.41, 5.74) is 12.9. The normalized spacial score (nSPS) is 13.0. The van der Waals surface area contributed by atoms with Gasteiger partial charge in [-0.15, -0.1) is 0 Å². The molecule has 0 saturated heterocycles. The summed E-state index contributed by atoms with van der Waals surface area (Å²) in [4.78, 5) is 32.9. The number of benzene rings is 1. The van der Waals surface area contributed by atoms with Gasteiger partial charge in [0.05, 0.1) is 23.6 Å². The Labute approximate surface area is 206 Å². The van der Waals surface area contributed by atoms with Crippen LogP contribution in [0.3, 0.4) is 0 Å². The lowest BCUT2D eigenvalue weighted by molar-refractivity contribution is -0.117. The number of nitrogen functional groups attached to an aromatic ring is 1. The Hall–Kier alpha value is -4.92. The van der Waals surface area contributed by atoms with E-state index in [0.29, 0.717) is 33.8 Å². The number of imidazole rings is 1. The maximum atomic E-state index is 12.2. The van der Waals surface area contributed by atoms with Gasteiger partial charge in [0.1, 0.15) is 11.2 Å². The molecule has 0 aliphatic heterocycles. The van der Waals surface area contributed by atoms with E-state index in [1.54, 1.807) is 43.2 Å². The van der Waals surface area contributed by atoms with Gasteiger partial charge in [0, 0.05) is 58.6 Å². The molecule has 6 rings (SSSR count). The first kappa shape index (κ1) is 21.6. The smallest absolute Gasteiger partial charge is 0.227 e. The van der Waals surface area contributed by atoms with Crippen molar-refractivity contribution >= 4 is 34.0 Å². The largest absolute Gasteiger partial charge is 0.398 e. The minimum atomic E-state index is 0.0266. The summed E-state index contributed by atoms with van der Waals surface area (Å²) in [7, 11) is 0. The topological polar surface area (TPSA) is 146 Å². The number of rotatable bonds is 6. The Balaban J connectivity index is 1.34. The second kappa shape index (κ2) is 8.70. The summed E-state index contributed by atoms with van der Waals surface area (Å²) in [6, 6.07) is 11.2. The molecule has 4 aromatic heterocycles. The molecule has 5 N–H and O–H groups in total. The predicted molar refractivity (Wildman–Crippen MR) is 138 cm³/mol. The molecular weight excluding hydrogens is 452 g/mol. The van der Waals surface area contributed by atoms with Gasteiger partial charge in [-0.2, -0.15) is 0 Å². The average molecular weight is 475 g/mol. The van der Waals surface area contributed by atoms with Gasteiger partial charge in [0.25, 0.3) is 0 Å². The van der Waals surface area contributed by atoms with Gasteiger partial charge in [0.2, 0.25) is 5.91 Å². The molecule has 1 amide bonds. The van der Waals surface area contributed by atoms with Gasteiger partial charge in [-0.25, -0.2) is 4.98 Å². The number of carbonyl (C=O) groups excluding carboxylic acids is 1. The molecule has 0 radical (unpaired) electrons. The van der Waals surface area contributed by atoms with Gasteiger partial charge in [0.15, 0.2) is 5.82 Å². The van der Waals surface area contributed by atoms with E-state index < -0.39 is 0 Å². The highest BCUT2D eigenvalue weighted by Gasteiger charge is 2.29. The lowest BCUT2D eigenvalue weighted by Crippen LogP contribution is -2.13. The van der Waals surface area contributed by atoms with Crippen LogP contribution in [0.2, 0.25) is 0 Å². The number of carbonyl (C=O) groups is 1. The van der Waals surface area contributed by atoms with Crippen molar-refractivity contribution in [1.29, 1.82) is 5.41 Å². The monoisotopic (exact) mass is 474 g/mol. The SMILES string of the molecule is N=C(c1nc2c(-c3cccnc3)cncc2[nH]1)c1cc(-c2cncc(NC(=O)C3CC3)c2)ccc1N. The molecule has 176 valence electrons. The molecule has 1 fully saturated rings. The number of nitrogens with zero attached hydrogens (tertiary/aromatic N) is 4. The summed E-state index contributed by atoms with van der Waals surface area (Å²) in [5, 5.41) is 11.8. The Bertz CT molecular complexity index is 1620. The number of anilines is 2. The van der Waals surface area contributed by atoms with Crippen molar-refractivity contribution in [3.63, 3.8) is 0 Å². The first-order valence-corrected chi connectivity index (χ1v) is 11.6. The fourth-order valence-corrected chi connectivity index (χ4v) is 4.12. The van der Waals surface area contributed by atoms with Crippen molar-refractivity contribution in [2.45, 2.75) is 12.8 Å². The third-order valence-electron chi connectivity index (χ3n) is 6.21. The number of hydrogen-bond acceptors (Lipinski definition) is 7. The number of nitrogens with one attached hydrogen (secondary N) is 3. The molecular formula is C27H22N8O. The summed E-state index contributed by atoms with van der Waals surface area (Å²) in [6.07, 6.45) is 12.1. The van der Waals surface area contributed by atoms with Crippen LogP contribution >= 0.6 is 0 Å². The number of pyridine rings is 3. The van der Waals surface area contributed by atoms with Crippen LogP contribution in [0.4, 0.5) is 11.4 Å². The van der Waals surface area contributed by atoms with Gasteiger partial charge in [-0.05, 0) is 42.7 Å². The van der Waals surface area contributed by atoms with Crippen LogP contribution in [0.1, 0.15) is 24.2 Å². The average Bonchev–Trinajstić information content (AvgIpc) is 3.67. The molecule has 0 unspecified atom stereocenters. The first-order valence-electron chi connectivity index (χ1n) is 11.6. The second-order valence-corrected chi connectivity index (χ2v) is 8.81. The highest BCUT2D eigenvalue weighted by Crippen LogP contribution is 2.32. The Morgan fingerprint density at radius 1 is 0.972 bits per heavy atom. The lowest BCUT2D eigenvalue weighted by atomic mass is 10.00. The number of hydrogen-bond donors (Lipinski definition) is 4. The van der Waals surface area contributed by atoms with E-state index in [2.05, 4.69) is 25.3 Å². The molecule has 1 aromatic carbocycles. The molecule has 9 heteroatoms. The fraction of sp³-hybridized carbons (Fsp3) is 0.111. The van der Waals surface area contributed by atoms with Crippen molar-refractivity contribution in [3.8, 4) is 22.3 Å². The zero-order valence-electron chi connectivity index (χ0n) is 19.2. The Kier molecular flexibility index (Phi) is 5.22. The van der Waals surface area contributed by atoms with E-state index in [4.69, 9.17) is 16.1 Å². The zero-order valence-corrected chi connectivity index (χ0v) is 19.2. The summed E-state index contributed by atoms with van der Waals surface area (Å²) in [6.45, 7) is 0. The van der Waals surface area contributed by atoms with E-state index in [0.717, 1.165) is 35.1 Å². The Morgan fingerprint density at radius 3 is 2.61 bits per heavy atom. The number of nitrogens with two attached hydrogens (primary N) is 1. The van der Waals surface area contributed by atoms with Crippen LogP contribution in [0.25, 0.3) is 33.3 Å². The third kappa shape index (κ3) is 4.07. The number of aromatic nitrogens is 5. The van der Waals surface area contributed by atoms with E-state index >= 15 is 0 Å². The first-order chi connectivity index (χ1) is 17.6. The molecule has 36 heavy (non-hydrogen) atoms. The van der Waals surface area contributed by atoms with Gasteiger partial charge >= 0.3 is 0 Å². The lowest BCUT2D eigenvalue weighted by Gasteiger charge is -2.10. The minimum absolute atomic E-state index is 0.0266. The molecule has 9 nitrogen and oxygen atoms in total. The highest BCUT2D eigenvalue weighted by molar-refractivity contribution is 6.13. The molecule has 1 aliphatic carbocycles. The van der Waals surface area contributed by atoms with Crippen LogP contribution in [-0.2, 0) is 4.79 Å². The van der Waals surface area contributed by atoms with Gasteiger partial charge in [-0.3, -0.25) is 25.2 Å². The quantitative estimate of drug-likeness (QED) is 0.211. The zero-order chi connectivity index (χ0) is 24.6. The minimum Gasteiger partial charge on any atom is -0.398 e. The molecule has 1 saturated carbocycles. The highest BCUT2D eigenvalue weighted by atomic mass is 16.2. The molecule has 1 aliphatic rings. The maximum Gasteiger partial charge on any atom is 0.227 e. The second-order valence-electron chi connectivity index (χ2n) is 8.81. The number of H-pyrrole nitrogens is 1. The molecule has 0 atom stereocenters. The van der Waals surface area contributed by atoms with Crippen LogP contribution < -0.4 is 11.1 Å². The number of amides is 1. The van der Waals surface area contributed by atoms with E-state index in [-0.39, 0.29) is 17.5 Å². The standard InChI is InChI=1S/C27H22N8O/c28-22-6-5-16(18-8-19(12-31-11-18)33-27(36)15-3-4-15)9-20(22)24(29)26-34-23-14-32-13-21(25(23)35-26)17-2-1-7-30-10-17/h1-2,5-15,29H,3-4,28H2,(H,33,36)(H,34,35). The van der Waals surface area contributed by atoms with Crippen molar-refractivity contribution in [2.75, 3.05) is 11.1 Å². The maximum absolute atomic E-state index is 12.2. The molecule has 4 heterocycles. The van der Waals surface area contributed by atoms with Gasteiger partial charge < -0.3 is 16.0 Å². The van der Waals surface area contributed by atoms with E-state index in [1.807, 2.05) is 30.3 Å². The van der Waals surface area contributed by atoms with Crippen LogP contribution in [0.5, 0.6) is 0 Å². The van der Waals surface area contributed by atoms with E-state index in [1.165, 1.54) is 0 Å². The van der Waals surface area contributed by atoms with Crippen molar-refractivity contribution < 1.29 is 4.79 Å². The molecule has 5 aromatic rings. The predicted octanol–water partition coefficient (Wildman–Crippen LogP) is 4.43. The summed E-state index contributed by atoms with van der Waals surface area (Å²) >= 11 is 0.